The molecule has 202 valence electrons. The van der Waals surface area contributed by atoms with Gasteiger partial charge in [-0.3, -0.25) is 0 Å². The van der Waals surface area contributed by atoms with Crippen molar-refractivity contribution in [2.45, 2.75) is 45.0 Å². The molecule has 1 aromatic heterocycles. The van der Waals surface area contributed by atoms with Crippen LogP contribution in [0.4, 0.5) is 37.8 Å². The lowest BCUT2D eigenvalue weighted by Gasteiger charge is -2.25. The molecule has 0 bridgehead atoms. The number of hydrogen-bond acceptors (Lipinski definition) is 5. The number of benzene rings is 2. The Bertz CT molecular complexity index is 1240. The number of aromatic nitrogens is 2. The number of hydrogen-bond donors (Lipinski definition) is 2. The molecule has 2 aromatic carbocycles. The smallest absolute Gasteiger partial charge is 0.385 e. The highest BCUT2D eigenvalue weighted by Crippen LogP contribution is 2.36. The minimum absolute atomic E-state index is 0.0418. The molecule has 0 amide bonds. The maximum absolute atomic E-state index is 14.7. The second kappa shape index (κ2) is 11.8. The zero-order valence-corrected chi connectivity index (χ0v) is 21.9. The molecule has 37 heavy (non-hydrogen) atoms. The molecule has 0 aliphatic rings. The van der Waals surface area contributed by atoms with Crippen molar-refractivity contribution < 1.29 is 31.1 Å². The number of nitrogens with one attached hydrogen (secondary N) is 2. The van der Waals surface area contributed by atoms with Crippen LogP contribution in [-0.4, -0.2) is 49.2 Å². The fourth-order valence-electron chi connectivity index (χ4n) is 3.97. The molecular weight excluding hydrogens is 517 g/mol. The monoisotopic (exact) mass is 546 g/mol. The second-order valence-electron chi connectivity index (χ2n) is 8.84. The van der Waals surface area contributed by atoms with E-state index in [1.54, 1.807) is 26.0 Å². The van der Waals surface area contributed by atoms with E-state index in [-0.39, 0.29) is 18.6 Å². The van der Waals surface area contributed by atoms with Crippen LogP contribution in [0.15, 0.2) is 30.3 Å². The zero-order chi connectivity index (χ0) is 27.5. The largest absolute Gasteiger partial charge is 0.408 e. The summed E-state index contributed by atoms with van der Waals surface area (Å²) in [6, 6.07) is 4.55. The lowest BCUT2D eigenvalue weighted by atomic mass is 10.0. The summed E-state index contributed by atoms with van der Waals surface area (Å²) in [5, 5.41) is 6.91. The standard InChI is InChI=1S/C25H29F6N4OP/c1-13(15-7-6-8-16(22(15)26)23(27)28)32-24-17-11-20(37(4)5)19(12-18(17)33-14(2)34-24)35-21(9-10-36-3)25(29,30)31/h6-8,11-13,21,23,35H,9-10H2,1-5H3,(H,32,33,34)/t13-,21?/m1/s1. The summed E-state index contributed by atoms with van der Waals surface area (Å²) in [5.41, 5.74) is 0.0536. The number of anilines is 2. The van der Waals surface area contributed by atoms with Gasteiger partial charge in [0.05, 0.1) is 17.1 Å². The topological polar surface area (TPSA) is 59.1 Å². The van der Waals surface area contributed by atoms with Gasteiger partial charge in [0.15, 0.2) is 0 Å². The number of halogens is 6. The minimum atomic E-state index is -4.49. The van der Waals surface area contributed by atoms with Crippen LogP contribution in [0.1, 0.15) is 42.8 Å². The number of alkyl halides is 5. The zero-order valence-electron chi connectivity index (χ0n) is 21.1. The fourth-order valence-corrected chi connectivity index (χ4v) is 4.97. The second-order valence-corrected chi connectivity index (χ2v) is 11.1. The normalized spacial score (nSPS) is 13.9. The van der Waals surface area contributed by atoms with Crippen LogP contribution in [0.25, 0.3) is 10.9 Å². The summed E-state index contributed by atoms with van der Waals surface area (Å²) in [7, 11) is 0.487. The van der Waals surface area contributed by atoms with Crippen LogP contribution in [-0.2, 0) is 4.74 Å². The Morgan fingerprint density at radius 2 is 1.73 bits per heavy atom. The highest BCUT2D eigenvalue weighted by molar-refractivity contribution is 7.64. The van der Waals surface area contributed by atoms with Gasteiger partial charge < -0.3 is 15.4 Å². The summed E-state index contributed by atoms with van der Waals surface area (Å²) in [5.74, 6) is -0.336. The molecule has 0 radical (unpaired) electrons. The predicted octanol–water partition coefficient (Wildman–Crippen LogP) is 6.93. The Morgan fingerprint density at radius 1 is 1.05 bits per heavy atom. The molecule has 0 aliphatic carbocycles. The number of rotatable bonds is 10. The van der Waals surface area contributed by atoms with Crippen molar-refractivity contribution in [3.05, 3.63) is 53.1 Å². The van der Waals surface area contributed by atoms with Gasteiger partial charge in [-0.15, -0.1) is 0 Å². The third-order valence-electron chi connectivity index (χ3n) is 5.86. The summed E-state index contributed by atoms with van der Waals surface area (Å²) in [4.78, 5) is 8.82. The summed E-state index contributed by atoms with van der Waals surface area (Å²) < 4.78 is 87.0. The fraction of sp³-hybridized carbons (Fsp3) is 0.440. The van der Waals surface area contributed by atoms with E-state index in [4.69, 9.17) is 4.74 Å². The minimum Gasteiger partial charge on any atom is -0.385 e. The van der Waals surface area contributed by atoms with E-state index in [9.17, 15) is 26.3 Å². The molecule has 3 rings (SSSR count). The Morgan fingerprint density at radius 3 is 2.32 bits per heavy atom. The molecule has 2 N–H and O–H groups in total. The first kappa shape index (κ1) is 28.9. The molecule has 1 heterocycles. The van der Waals surface area contributed by atoms with Gasteiger partial charge in [-0.2, -0.15) is 13.2 Å². The molecule has 3 aromatic rings. The highest BCUT2D eigenvalue weighted by atomic mass is 31.1. The summed E-state index contributed by atoms with van der Waals surface area (Å²) >= 11 is 0. The third kappa shape index (κ3) is 6.82. The lowest BCUT2D eigenvalue weighted by molar-refractivity contribution is -0.145. The molecule has 1 unspecified atom stereocenters. The number of aryl methyl sites for hydroxylation is 1. The van der Waals surface area contributed by atoms with E-state index in [2.05, 4.69) is 20.6 Å². The van der Waals surface area contributed by atoms with Crippen LogP contribution in [0.5, 0.6) is 0 Å². The van der Waals surface area contributed by atoms with Crippen molar-refractivity contribution in [2.24, 2.45) is 0 Å². The molecule has 5 nitrogen and oxygen atoms in total. The van der Waals surface area contributed by atoms with E-state index in [0.29, 0.717) is 33.5 Å². The van der Waals surface area contributed by atoms with Crippen LogP contribution >= 0.6 is 7.92 Å². The van der Waals surface area contributed by atoms with Crippen LogP contribution in [0.3, 0.4) is 0 Å². The van der Waals surface area contributed by atoms with Crippen LogP contribution < -0.4 is 15.9 Å². The van der Waals surface area contributed by atoms with Crippen molar-refractivity contribution >= 4 is 35.6 Å². The van der Waals surface area contributed by atoms with Crippen molar-refractivity contribution in [1.82, 2.24) is 9.97 Å². The first-order valence-electron chi connectivity index (χ1n) is 11.5. The van der Waals surface area contributed by atoms with Crippen molar-refractivity contribution in [3.8, 4) is 0 Å². The van der Waals surface area contributed by atoms with E-state index in [0.717, 1.165) is 6.07 Å². The maximum Gasteiger partial charge on any atom is 0.408 e. The first-order valence-corrected chi connectivity index (χ1v) is 13.7. The molecule has 0 saturated heterocycles. The highest BCUT2D eigenvalue weighted by Gasteiger charge is 2.39. The number of nitrogens with zero attached hydrogens (tertiary/aromatic N) is 2. The Balaban J connectivity index is 2.06. The first-order chi connectivity index (χ1) is 17.3. The Labute approximate surface area is 212 Å². The van der Waals surface area contributed by atoms with Gasteiger partial charge in [-0.05, 0) is 51.0 Å². The lowest BCUT2D eigenvalue weighted by Crippen LogP contribution is -2.38. The Hall–Kier alpha value is -2.65. The van der Waals surface area contributed by atoms with Gasteiger partial charge in [0, 0.05) is 30.4 Å². The molecule has 0 saturated carbocycles. The van der Waals surface area contributed by atoms with Crippen molar-refractivity contribution in [3.63, 3.8) is 0 Å². The maximum atomic E-state index is 14.7. The third-order valence-corrected chi connectivity index (χ3v) is 7.19. The van der Waals surface area contributed by atoms with Crippen molar-refractivity contribution in [2.75, 3.05) is 37.7 Å². The van der Waals surface area contributed by atoms with Gasteiger partial charge in [0.25, 0.3) is 6.43 Å². The number of fused-ring (bicyclic) bond motifs is 1. The predicted molar refractivity (Wildman–Crippen MR) is 136 cm³/mol. The average Bonchev–Trinajstić information content (AvgIpc) is 2.80. The quantitative estimate of drug-likeness (QED) is 0.213. The number of ether oxygens (including phenoxy) is 1. The van der Waals surface area contributed by atoms with Gasteiger partial charge in [0.2, 0.25) is 0 Å². The molecular formula is C25H29F6N4OP. The Kier molecular flexibility index (Phi) is 9.23. The molecule has 0 fully saturated rings. The van der Waals surface area contributed by atoms with Crippen molar-refractivity contribution in [1.29, 1.82) is 0 Å². The van der Waals surface area contributed by atoms with Gasteiger partial charge in [-0.1, -0.05) is 26.1 Å². The van der Waals surface area contributed by atoms with Gasteiger partial charge in [-0.25, -0.2) is 23.1 Å². The molecule has 2 atom stereocenters. The van der Waals surface area contributed by atoms with E-state index >= 15 is 0 Å². The molecule has 0 aliphatic heterocycles. The average molecular weight is 546 g/mol. The van der Waals surface area contributed by atoms with Gasteiger partial charge in [0.1, 0.15) is 23.5 Å². The van der Waals surface area contributed by atoms with Crippen LogP contribution in [0.2, 0.25) is 0 Å². The summed E-state index contributed by atoms with van der Waals surface area (Å²) in [6.45, 7) is 7.00. The van der Waals surface area contributed by atoms with E-state index in [1.165, 1.54) is 19.2 Å². The number of methoxy groups -OCH3 is 1. The SMILES string of the molecule is COCCC(Nc1cc2nc(C)nc(N[C@H](C)c3cccc(C(F)F)c3F)c2cc1P(C)C)C(F)(F)F. The molecule has 0 spiro atoms. The van der Waals surface area contributed by atoms with E-state index in [1.807, 2.05) is 13.3 Å². The van der Waals surface area contributed by atoms with Crippen LogP contribution in [0, 0.1) is 12.7 Å². The molecule has 12 heteroatoms. The van der Waals surface area contributed by atoms with Gasteiger partial charge >= 0.3 is 6.18 Å². The van der Waals surface area contributed by atoms with E-state index < -0.39 is 44.0 Å². The summed E-state index contributed by atoms with van der Waals surface area (Å²) in [6.07, 6.45) is -7.71.